The van der Waals surface area contributed by atoms with Gasteiger partial charge in [-0.3, -0.25) is 14.6 Å². The molecule has 1 amide bonds. The zero-order chi connectivity index (χ0) is 24.7. The molecular formula is C25H24F3N3O4. The number of benzene rings is 2. The summed E-state index contributed by atoms with van der Waals surface area (Å²) in [4.78, 5) is 31.4. The van der Waals surface area contributed by atoms with Gasteiger partial charge in [0.05, 0.1) is 18.2 Å². The van der Waals surface area contributed by atoms with E-state index in [9.17, 15) is 27.9 Å². The summed E-state index contributed by atoms with van der Waals surface area (Å²) in [5, 5.41) is 10.6. The minimum Gasteiger partial charge on any atom is -0.443 e. The largest absolute Gasteiger partial charge is 0.443 e. The molecule has 35 heavy (non-hydrogen) atoms. The minimum atomic E-state index is -4.56. The number of aromatic nitrogens is 1. The number of ether oxygens (including phenoxy) is 1. The number of anilines is 1. The van der Waals surface area contributed by atoms with Crippen LogP contribution in [-0.4, -0.2) is 59.5 Å². The van der Waals surface area contributed by atoms with E-state index in [0.29, 0.717) is 30.7 Å². The summed E-state index contributed by atoms with van der Waals surface area (Å²) in [6, 6.07) is 11.4. The average molecular weight is 487 g/mol. The Labute approximate surface area is 198 Å². The summed E-state index contributed by atoms with van der Waals surface area (Å²) in [6.45, 7) is 2.18. The molecule has 2 aliphatic rings. The number of β-amino-alcohol motifs (C(OH)–C–C–N with tert-alkyl or cyclic N) is 1. The zero-order valence-corrected chi connectivity index (χ0v) is 18.7. The first-order chi connectivity index (χ1) is 16.7. The number of nitrogens with one attached hydrogen (secondary N) is 1. The van der Waals surface area contributed by atoms with E-state index < -0.39 is 23.4 Å². The van der Waals surface area contributed by atoms with Crippen LogP contribution in [0.4, 0.5) is 23.7 Å². The van der Waals surface area contributed by atoms with Gasteiger partial charge in [-0.15, -0.1) is 0 Å². The number of rotatable bonds is 4. The first-order valence-corrected chi connectivity index (χ1v) is 11.4. The van der Waals surface area contributed by atoms with Crippen molar-refractivity contribution >= 4 is 22.6 Å². The maximum Gasteiger partial charge on any atom is 0.417 e. The second kappa shape index (κ2) is 9.01. The fourth-order valence-electron chi connectivity index (χ4n) is 4.84. The molecule has 2 fully saturated rings. The molecule has 7 nitrogen and oxygen atoms in total. The quantitative estimate of drug-likeness (QED) is 0.581. The molecule has 0 radical (unpaired) electrons. The van der Waals surface area contributed by atoms with Gasteiger partial charge < -0.3 is 14.8 Å². The number of halogens is 3. The third-order valence-corrected chi connectivity index (χ3v) is 6.48. The molecular weight excluding hydrogens is 463 g/mol. The molecule has 184 valence electrons. The van der Waals surface area contributed by atoms with Crippen LogP contribution >= 0.6 is 0 Å². The smallest absolute Gasteiger partial charge is 0.417 e. The number of aliphatic hydroxyl groups is 1. The van der Waals surface area contributed by atoms with Crippen LogP contribution in [0.25, 0.3) is 22.0 Å². The Kier molecular flexibility index (Phi) is 6.02. The van der Waals surface area contributed by atoms with Gasteiger partial charge in [0, 0.05) is 35.4 Å². The van der Waals surface area contributed by atoms with Crippen LogP contribution in [0.3, 0.4) is 0 Å². The minimum absolute atomic E-state index is 0.0625. The summed E-state index contributed by atoms with van der Waals surface area (Å²) in [5.74, 6) is 0. The number of hydrogen-bond donors (Lipinski definition) is 2. The molecule has 0 saturated carbocycles. The van der Waals surface area contributed by atoms with Gasteiger partial charge in [-0.25, -0.2) is 4.79 Å². The zero-order valence-electron chi connectivity index (χ0n) is 18.7. The summed E-state index contributed by atoms with van der Waals surface area (Å²) < 4.78 is 45.9. The van der Waals surface area contributed by atoms with Crippen LogP contribution in [0.15, 0.2) is 53.3 Å². The number of H-pyrrole nitrogens is 1. The van der Waals surface area contributed by atoms with Gasteiger partial charge in [0.2, 0.25) is 0 Å². The van der Waals surface area contributed by atoms with E-state index in [1.165, 1.54) is 29.2 Å². The summed E-state index contributed by atoms with van der Waals surface area (Å²) in [7, 11) is 0. The lowest BCUT2D eigenvalue weighted by Crippen LogP contribution is -2.43. The normalized spacial score (nSPS) is 21.5. The van der Waals surface area contributed by atoms with Crippen LogP contribution in [0.5, 0.6) is 0 Å². The van der Waals surface area contributed by atoms with Gasteiger partial charge in [-0.2, -0.15) is 13.2 Å². The monoisotopic (exact) mass is 487 g/mol. The summed E-state index contributed by atoms with van der Waals surface area (Å²) in [6.07, 6.45) is -4.19. The Morgan fingerprint density at radius 1 is 1.09 bits per heavy atom. The van der Waals surface area contributed by atoms with E-state index in [1.54, 1.807) is 18.2 Å². The van der Waals surface area contributed by atoms with Crippen LogP contribution in [-0.2, 0) is 10.9 Å². The average Bonchev–Trinajstić information content (AvgIpc) is 3.18. The lowest BCUT2D eigenvalue weighted by molar-refractivity contribution is -0.137. The second-order valence-electron chi connectivity index (χ2n) is 9.00. The van der Waals surface area contributed by atoms with Crippen LogP contribution in [0.2, 0.25) is 0 Å². The number of carbonyl (C=O) groups excluding carboxylic acids is 1. The number of cyclic esters (lactones) is 1. The number of amides is 1. The highest BCUT2D eigenvalue weighted by atomic mass is 19.4. The highest BCUT2D eigenvalue weighted by molar-refractivity contribution is 5.94. The van der Waals surface area contributed by atoms with Gasteiger partial charge in [-0.05, 0) is 49.0 Å². The summed E-state index contributed by atoms with van der Waals surface area (Å²) in [5.41, 5.74) is -0.969. The molecule has 0 aliphatic carbocycles. The van der Waals surface area contributed by atoms with Gasteiger partial charge in [0.1, 0.15) is 6.10 Å². The van der Waals surface area contributed by atoms with Crippen molar-refractivity contribution in [3.63, 3.8) is 0 Å². The number of nitrogens with zero attached hydrogens (tertiary/aromatic N) is 2. The summed E-state index contributed by atoms with van der Waals surface area (Å²) >= 11 is 0. The maximum absolute atomic E-state index is 13.5. The van der Waals surface area contributed by atoms with Crippen molar-refractivity contribution in [2.45, 2.75) is 31.2 Å². The van der Waals surface area contributed by atoms with Gasteiger partial charge >= 0.3 is 12.3 Å². The van der Waals surface area contributed by atoms with E-state index in [1.807, 2.05) is 0 Å². The van der Waals surface area contributed by atoms with Crippen molar-refractivity contribution in [2.24, 2.45) is 0 Å². The SMILES string of the molecule is O=C1O[C@H](CN2CCC[C@@H](O)C2)CN1c1ccc2cc(-c3ccccc3C(F)(F)F)[nH]c(=O)c2c1. The predicted octanol–water partition coefficient (Wildman–Crippen LogP) is 4.00. The predicted molar refractivity (Wildman–Crippen MR) is 124 cm³/mol. The number of carbonyl (C=O) groups is 1. The molecule has 10 heteroatoms. The lowest BCUT2D eigenvalue weighted by Gasteiger charge is -2.31. The Morgan fingerprint density at radius 2 is 1.89 bits per heavy atom. The lowest BCUT2D eigenvalue weighted by atomic mass is 10.0. The van der Waals surface area contributed by atoms with Crippen molar-refractivity contribution in [1.29, 1.82) is 0 Å². The van der Waals surface area contributed by atoms with Crippen molar-refractivity contribution in [3.8, 4) is 11.3 Å². The number of likely N-dealkylation sites (tertiary alicyclic amines) is 1. The molecule has 2 atom stereocenters. The van der Waals surface area contributed by atoms with E-state index in [0.717, 1.165) is 25.5 Å². The molecule has 1 aromatic heterocycles. The highest BCUT2D eigenvalue weighted by Crippen LogP contribution is 2.36. The Morgan fingerprint density at radius 3 is 2.66 bits per heavy atom. The Balaban J connectivity index is 1.41. The standard InChI is InChI=1S/C25H24F3N3O4/c26-25(27,28)21-6-2-1-5-19(21)22-10-15-7-8-16(11-20(15)23(33)29-22)31-14-18(35-24(31)34)13-30-9-3-4-17(32)12-30/h1-2,5-8,10-11,17-18,32H,3-4,9,12-14H2,(H,29,33)/t17-,18-/m1/s1. The highest BCUT2D eigenvalue weighted by Gasteiger charge is 2.35. The molecule has 3 heterocycles. The molecule has 5 rings (SSSR count). The first kappa shape index (κ1) is 23.4. The van der Waals surface area contributed by atoms with Crippen molar-refractivity contribution < 1.29 is 27.8 Å². The number of aliphatic hydroxyl groups excluding tert-OH is 1. The topological polar surface area (TPSA) is 85.9 Å². The molecule has 2 aromatic carbocycles. The van der Waals surface area contributed by atoms with E-state index >= 15 is 0 Å². The maximum atomic E-state index is 13.5. The molecule has 2 N–H and O–H groups in total. The number of pyridine rings is 1. The molecule has 0 unspecified atom stereocenters. The van der Waals surface area contributed by atoms with Crippen LogP contribution < -0.4 is 10.5 Å². The molecule has 0 spiro atoms. The fraction of sp³-hybridized carbons (Fsp3) is 0.360. The van der Waals surface area contributed by atoms with E-state index in [4.69, 9.17) is 4.74 Å². The van der Waals surface area contributed by atoms with E-state index in [2.05, 4.69) is 9.88 Å². The molecule has 3 aromatic rings. The number of fused-ring (bicyclic) bond motifs is 1. The second-order valence-corrected chi connectivity index (χ2v) is 9.00. The third-order valence-electron chi connectivity index (χ3n) is 6.48. The number of piperidine rings is 1. The number of alkyl halides is 3. The number of aromatic amines is 1. The Bertz CT molecular complexity index is 1320. The van der Waals surface area contributed by atoms with Crippen molar-refractivity contribution in [2.75, 3.05) is 31.1 Å². The van der Waals surface area contributed by atoms with E-state index in [-0.39, 0.29) is 28.9 Å². The molecule has 2 aliphatic heterocycles. The van der Waals surface area contributed by atoms with Gasteiger partial charge in [0.15, 0.2) is 0 Å². The Hall–Kier alpha value is -3.37. The van der Waals surface area contributed by atoms with Crippen molar-refractivity contribution in [1.82, 2.24) is 9.88 Å². The first-order valence-electron chi connectivity index (χ1n) is 11.4. The van der Waals surface area contributed by atoms with Crippen LogP contribution in [0, 0.1) is 0 Å². The van der Waals surface area contributed by atoms with Crippen molar-refractivity contribution in [3.05, 3.63) is 64.4 Å². The fourth-order valence-corrected chi connectivity index (χ4v) is 4.84. The third kappa shape index (κ3) is 4.76. The van der Waals surface area contributed by atoms with Gasteiger partial charge in [0.25, 0.3) is 5.56 Å². The molecule has 2 saturated heterocycles. The number of hydrogen-bond acceptors (Lipinski definition) is 5. The molecule has 0 bridgehead atoms. The van der Waals surface area contributed by atoms with Crippen LogP contribution in [0.1, 0.15) is 18.4 Å². The van der Waals surface area contributed by atoms with Gasteiger partial charge in [-0.1, -0.05) is 24.3 Å².